The third-order valence-corrected chi connectivity index (χ3v) is 5.31. The van der Waals surface area contributed by atoms with Gasteiger partial charge in [0.25, 0.3) is 0 Å². The number of carbonyl (C=O) groups is 1. The second-order valence-electron chi connectivity index (χ2n) is 6.24. The minimum absolute atomic E-state index is 0.0188. The van der Waals surface area contributed by atoms with Crippen molar-refractivity contribution in [3.05, 3.63) is 51.5 Å². The fourth-order valence-electron chi connectivity index (χ4n) is 2.80. The molecule has 1 aromatic heterocycles. The van der Waals surface area contributed by atoms with Crippen LogP contribution in [0.5, 0.6) is 0 Å². The lowest BCUT2D eigenvalue weighted by molar-refractivity contribution is -0.120. The van der Waals surface area contributed by atoms with Crippen molar-refractivity contribution in [1.82, 2.24) is 15.2 Å². The number of morpholine rings is 1. The van der Waals surface area contributed by atoms with E-state index in [1.807, 2.05) is 5.38 Å². The number of amides is 1. The lowest BCUT2D eigenvalue weighted by Crippen LogP contribution is -2.35. The van der Waals surface area contributed by atoms with Gasteiger partial charge in [-0.05, 0) is 17.5 Å². The molecule has 3 rings (SSSR count). The van der Waals surface area contributed by atoms with Gasteiger partial charge in [-0.3, -0.25) is 9.69 Å². The van der Waals surface area contributed by atoms with Gasteiger partial charge in [0.05, 0.1) is 30.3 Å². The van der Waals surface area contributed by atoms with Crippen LogP contribution >= 0.6 is 11.3 Å². The molecule has 25 heavy (non-hydrogen) atoms. The smallest absolute Gasteiger partial charge is 0.226 e. The van der Waals surface area contributed by atoms with Gasteiger partial charge in [-0.15, -0.1) is 11.3 Å². The van der Waals surface area contributed by atoms with Gasteiger partial charge in [-0.1, -0.05) is 31.2 Å². The molecule has 2 aromatic rings. The van der Waals surface area contributed by atoms with E-state index < -0.39 is 0 Å². The standard InChI is InChI=1S/C19H25N3O2S/c1-2-19-21-17(14-25-19)11-18(23)20-12-15-3-5-16(6-4-15)13-22-7-9-24-10-8-22/h3-6,14H,2,7-13H2,1H3,(H,20,23). The van der Waals surface area contributed by atoms with Crippen molar-refractivity contribution in [2.75, 3.05) is 26.3 Å². The van der Waals surface area contributed by atoms with Crippen molar-refractivity contribution >= 4 is 17.2 Å². The Balaban J connectivity index is 1.43. The van der Waals surface area contributed by atoms with E-state index in [0.717, 1.165) is 55.5 Å². The maximum Gasteiger partial charge on any atom is 0.226 e. The highest BCUT2D eigenvalue weighted by molar-refractivity contribution is 7.09. The molecule has 0 saturated carbocycles. The molecular weight excluding hydrogens is 334 g/mol. The Hall–Kier alpha value is -1.76. The average Bonchev–Trinajstić information content (AvgIpc) is 3.09. The summed E-state index contributed by atoms with van der Waals surface area (Å²) >= 11 is 1.62. The minimum Gasteiger partial charge on any atom is -0.379 e. The molecular formula is C19H25N3O2S. The predicted molar refractivity (Wildman–Crippen MR) is 99.6 cm³/mol. The van der Waals surface area contributed by atoms with Crippen molar-refractivity contribution in [2.24, 2.45) is 0 Å². The van der Waals surface area contributed by atoms with E-state index in [1.165, 1.54) is 5.56 Å². The zero-order valence-corrected chi connectivity index (χ0v) is 15.5. The van der Waals surface area contributed by atoms with E-state index in [0.29, 0.717) is 13.0 Å². The van der Waals surface area contributed by atoms with Gasteiger partial charge in [0, 0.05) is 31.6 Å². The molecule has 2 heterocycles. The molecule has 5 nitrogen and oxygen atoms in total. The van der Waals surface area contributed by atoms with Crippen LogP contribution in [0.4, 0.5) is 0 Å². The fourth-order valence-corrected chi connectivity index (χ4v) is 3.54. The fraction of sp³-hybridized carbons (Fsp3) is 0.474. The molecule has 6 heteroatoms. The molecule has 0 atom stereocenters. The second-order valence-corrected chi connectivity index (χ2v) is 7.19. The van der Waals surface area contributed by atoms with E-state index >= 15 is 0 Å². The van der Waals surface area contributed by atoms with Gasteiger partial charge in [-0.2, -0.15) is 0 Å². The highest BCUT2D eigenvalue weighted by Crippen LogP contribution is 2.11. The number of rotatable bonds is 7. The Morgan fingerprint density at radius 2 is 1.96 bits per heavy atom. The van der Waals surface area contributed by atoms with E-state index in [2.05, 4.69) is 46.4 Å². The maximum absolute atomic E-state index is 12.0. The summed E-state index contributed by atoms with van der Waals surface area (Å²) < 4.78 is 5.38. The number of nitrogens with zero attached hydrogens (tertiary/aromatic N) is 2. The van der Waals surface area contributed by atoms with Crippen LogP contribution in [0.2, 0.25) is 0 Å². The molecule has 134 valence electrons. The number of hydrogen-bond acceptors (Lipinski definition) is 5. The first-order chi connectivity index (χ1) is 12.2. The lowest BCUT2D eigenvalue weighted by atomic mass is 10.1. The summed E-state index contributed by atoms with van der Waals surface area (Å²) in [6.45, 7) is 7.22. The number of hydrogen-bond donors (Lipinski definition) is 1. The van der Waals surface area contributed by atoms with Gasteiger partial charge < -0.3 is 10.1 Å². The quantitative estimate of drug-likeness (QED) is 0.825. The van der Waals surface area contributed by atoms with E-state index in [1.54, 1.807) is 11.3 Å². The second kappa shape index (κ2) is 9.08. The van der Waals surface area contributed by atoms with E-state index in [4.69, 9.17) is 4.74 Å². The maximum atomic E-state index is 12.0. The SMILES string of the molecule is CCc1nc(CC(=O)NCc2ccc(CN3CCOCC3)cc2)cs1. The Kier molecular flexibility index (Phi) is 6.55. The Morgan fingerprint density at radius 3 is 2.64 bits per heavy atom. The largest absolute Gasteiger partial charge is 0.379 e. The van der Waals surface area contributed by atoms with Crippen LogP contribution in [0, 0.1) is 0 Å². The topological polar surface area (TPSA) is 54.5 Å². The number of aromatic nitrogens is 1. The number of benzene rings is 1. The molecule has 0 unspecified atom stereocenters. The van der Waals surface area contributed by atoms with Crippen LogP contribution in [-0.2, 0) is 35.5 Å². The predicted octanol–water partition coefficient (Wildman–Crippen LogP) is 2.40. The van der Waals surface area contributed by atoms with Crippen molar-refractivity contribution in [3.8, 4) is 0 Å². The van der Waals surface area contributed by atoms with Gasteiger partial charge in [0.1, 0.15) is 0 Å². The van der Waals surface area contributed by atoms with Crippen molar-refractivity contribution < 1.29 is 9.53 Å². The first-order valence-electron chi connectivity index (χ1n) is 8.81. The summed E-state index contributed by atoms with van der Waals surface area (Å²) in [6.07, 6.45) is 1.27. The third-order valence-electron chi connectivity index (χ3n) is 4.27. The summed E-state index contributed by atoms with van der Waals surface area (Å²) in [7, 11) is 0. The zero-order valence-electron chi connectivity index (χ0n) is 14.7. The minimum atomic E-state index is 0.0188. The first kappa shape index (κ1) is 18.0. The van der Waals surface area contributed by atoms with Gasteiger partial charge in [-0.25, -0.2) is 4.98 Å². The average molecular weight is 359 g/mol. The van der Waals surface area contributed by atoms with Crippen molar-refractivity contribution in [1.29, 1.82) is 0 Å². The summed E-state index contributed by atoms with van der Waals surface area (Å²) in [5.41, 5.74) is 3.28. The first-order valence-corrected chi connectivity index (χ1v) is 9.69. The molecule has 1 amide bonds. The monoisotopic (exact) mass is 359 g/mol. The molecule has 0 spiro atoms. The summed E-state index contributed by atoms with van der Waals surface area (Å²) in [5, 5.41) is 6.03. The number of ether oxygens (including phenoxy) is 1. The van der Waals surface area contributed by atoms with Crippen LogP contribution in [0.3, 0.4) is 0 Å². The van der Waals surface area contributed by atoms with Crippen molar-refractivity contribution in [3.63, 3.8) is 0 Å². The van der Waals surface area contributed by atoms with Crippen LogP contribution in [0.25, 0.3) is 0 Å². The summed E-state index contributed by atoms with van der Waals surface area (Å²) in [6, 6.07) is 8.47. The van der Waals surface area contributed by atoms with Crippen LogP contribution in [0.1, 0.15) is 28.8 Å². The molecule has 0 aliphatic carbocycles. The number of thiazole rings is 1. The van der Waals surface area contributed by atoms with Gasteiger partial charge >= 0.3 is 0 Å². The molecule has 1 aliphatic heterocycles. The molecule has 1 N–H and O–H groups in total. The molecule has 1 saturated heterocycles. The normalized spacial score (nSPS) is 15.2. The molecule has 0 bridgehead atoms. The number of nitrogens with one attached hydrogen (secondary N) is 1. The molecule has 1 aromatic carbocycles. The van der Waals surface area contributed by atoms with E-state index in [-0.39, 0.29) is 5.91 Å². The Labute approximate surface area is 153 Å². The highest BCUT2D eigenvalue weighted by Gasteiger charge is 2.11. The van der Waals surface area contributed by atoms with Crippen LogP contribution < -0.4 is 5.32 Å². The Bertz CT molecular complexity index is 678. The van der Waals surface area contributed by atoms with Crippen molar-refractivity contribution in [2.45, 2.75) is 32.9 Å². The van der Waals surface area contributed by atoms with E-state index in [9.17, 15) is 4.79 Å². The third kappa shape index (κ3) is 5.63. The van der Waals surface area contributed by atoms with Crippen LogP contribution in [-0.4, -0.2) is 42.1 Å². The zero-order chi connectivity index (χ0) is 17.5. The highest BCUT2D eigenvalue weighted by atomic mass is 32.1. The molecule has 1 fully saturated rings. The summed E-state index contributed by atoms with van der Waals surface area (Å²) in [5.74, 6) is 0.0188. The molecule has 0 radical (unpaired) electrons. The van der Waals surface area contributed by atoms with Gasteiger partial charge in [0.15, 0.2) is 0 Å². The molecule has 1 aliphatic rings. The lowest BCUT2D eigenvalue weighted by Gasteiger charge is -2.26. The van der Waals surface area contributed by atoms with Crippen LogP contribution in [0.15, 0.2) is 29.6 Å². The number of aryl methyl sites for hydroxylation is 1. The summed E-state index contributed by atoms with van der Waals surface area (Å²) in [4.78, 5) is 18.9. The Morgan fingerprint density at radius 1 is 1.24 bits per heavy atom. The van der Waals surface area contributed by atoms with Gasteiger partial charge in [0.2, 0.25) is 5.91 Å². The number of carbonyl (C=O) groups excluding carboxylic acids is 1.